The molecule has 2 bridgehead atoms. The molecule has 5 atom stereocenters. The molecule has 104 valence electrons. The van der Waals surface area contributed by atoms with Gasteiger partial charge in [-0.25, -0.2) is 0 Å². The fourth-order valence-corrected chi connectivity index (χ4v) is 4.38. The van der Waals surface area contributed by atoms with Gasteiger partial charge in [-0.05, 0) is 37.0 Å². The average molecular weight is 264 g/mol. The molecule has 3 rings (SSSR count). The second-order valence-corrected chi connectivity index (χ2v) is 6.44. The molecule has 3 fully saturated rings. The Balaban J connectivity index is 1.94. The number of rotatable bonds is 3. The predicted molar refractivity (Wildman–Crippen MR) is 63.3 cm³/mol. The molecule has 0 aromatic heterocycles. The van der Waals surface area contributed by atoms with Crippen LogP contribution in [0.25, 0.3) is 0 Å². The molecule has 0 unspecified atom stereocenters. The van der Waals surface area contributed by atoms with E-state index in [1.54, 1.807) is 13.8 Å². The Bertz CT molecular complexity index is 430. The summed E-state index contributed by atoms with van der Waals surface area (Å²) in [6.45, 7) is 3.40. The molecule has 1 aliphatic heterocycles. The fraction of sp³-hybridized carbons (Fsp3) is 0.786. The van der Waals surface area contributed by atoms with Crippen LogP contribution in [-0.4, -0.2) is 28.7 Å². The number of aliphatic carboxylic acids is 1. The van der Waals surface area contributed by atoms with Crippen LogP contribution in [0.5, 0.6) is 0 Å². The summed E-state index contributed by atoms with van der Waals surface area (Å²) in [7, 11) is 0. The predicted octanol–water partition coefficient (Wildman–Crippen LogP) is -0.208. The summed E-state index contributed by atoms with van der Waals surface area (Å²) in [6, 6.07) is -1.12. The molecule has 5 nitrogen and oxygen atoms in total. The first-order valence-electron chi connectivity index (χ1n) is 7.01. The van der Waals surface area contributed by atoms with Crippen LogP contribution in [0.2, 0.25) is 0 Å². The van der Waals surface area contributed by atoms with E-state index in [9.17, 15) is 19.5 Å². The summed E-state index contributed by atoms with van der Waals surface area (Å²) >= 11 is 0. The highest BCUT2D eigenvalue weighted by molar-refractivity contribution is 6.08. The Labute approximate surface area is 112 Å². The maximum absolute atomic E-state index is 12.5. The lowest BCUT2D eigenvalue weighted by Gasteiger charge is -2.31. The van der Waals surface area contributed by atoms with Crippen LogP contribution in [0.1, 0.15) is 33.1 Å². The van der Waals surface area contributed by atoms with E-state index in [1.807, 2.05) is 0 Å². The molecule has 3 aliphatic rings. The molecular weight excluding hydrogens is 246 g/mol. The fourth-order valence-electron chi connectivity index (χ4n) is 4.38. The number of carbonyl (C=O) groups excluding carboxylic acids is 3. The Morgan fingerprint density at radius 1 is 1.16 bits per heavy atom. The van der Waals surface area contributed by atoms with Gasteiger partial charge in [0.1, 0.15) is 0 Å². The highest BCUT2D eigenvalue weighted by Gasteiger charge is 2.62. The number of carboxylic acid groups (broad SMARTS) is 1. The molecule has 2 amide bonds. The number of carboxylic acids is 1. The van der Waals surface area contributed by atoms with Crippen molar-refractivity contribution in [3.8, 4) is 0 Å². The van der Waals surface area contributed by atoms with E-state index in [2.05, 4.69) is 0 Å². The first-order chi connectivity index (χ1) is 8.93. The van der Waals surface area contributed by atoms with Gasteiger partial charge in [0.15, 0.2) is 0 Å². The lowest BCUT2D eigenvalue weighted by molar-refractivity contribution is -0.312. The Morgan fingerprint density at radius 3 is 2.00 bits per heavy atom. The molecule has 0 radical (unpaired) electrons. The number of carbonyl (C=O) groups is 3. The number of hydrogen-bond acceptors (Lipinski definition) is 4. The molecule has 0 aromatic carbocycles. The van der Waals surface area contributed by atoms with E-state index in [-0.39, 0.29) is 41.4 Å². The molecule has 0 N–H and O–H groups in total. The standard InChI is InChI=1S/C14H19NO4/c1-6(2)11(14(18)19)15-12(16)9-7-3-4-8(5-7)10(9)13(15)17/h6-11H,3-5H2,1-2H3,(H,18,19)/p-1/t7-,8-,9-,10+,11-/m0/s1. The summed E-state index contributed by atoms with van der Waals surface area (Å²) in [5.74, 6) is -2.15. The zero-order chi connectivity index (χ0) is 13.9. The molecule has 1 heterocycles. The van der Waals surface area contributed by atoms with E-state index < -0.39 is 12.0 Å². The number of imide groups is 1. The Morgan fingerprint density at radius 2 is 1.63 bits per heavy atom. The van der Waals surface area contributed by atoms with Gasteiger partial charge in [0, 0.05) is 0 Å². The summed E-state index contributed by atoms with van der Waals surface area (Å²) in [4.78, 5) is 37.2. The third-order valence-electron chi connectivity index (χ3n) is 5.11. The minimum absolute atomic E-state index is 0.258. The van der Waals surface area contributed by atoms with Crippen LogP contribution in [0, 0.1) is 29.6 Å². The van der Waals surface area contributed by atoms with E-state index in [1.165, 1.54) is 0 Å². The van der Waals surface area contributed by atoms with Gasteiger partial charge in [0.2, 0.25) is 11.8 Å². The van der Waals surface area contributed by atoms with Gasteiger partial charge < -0.3 is 9.90 Å². The SMILES string of the molecule is CC(C)[C@@H](C(=O)[O-])N1C(=O)[C@@H]2[C@H]3CC[C@@H](C3)[C@@H]2C1=O. The average Bonchev–Trinajstić information content (AvgIpc) is 2.97. The maximum atomic E-state index is 12.5. The van der Waals surface area contributed by atoms with Gasteiger partial charge in [0.25, 0.3) is 0 Å². The van der Waals surface area contributed by atoms with Crippen LogP contribution < -0.4 is 5.11 Å². The normalized spacial score (nSPS) is 38.2. The van der Waals surface area contributed by atoms with Crippen molar-refractivity contribution < 1.29 is 19.5 Å². The van der Waals surface area contributed by atoms with Crippen LogP contribution >= 0.6 is 0 Å². The molecule has 0 spiro atoms. The topological polar surface area (TPSA) is 77.5 Å². The van der Waals surface area contributed by atoms with Crippen LogP contribution in [0.4, 0.5) is 0 Å². The number of amides is 2. The molecule has 5 heteroatoms. The zero-order valence-corrected chi connectivity index (χ0v) is 11.2. The highest BCUT2D eigenvalue weighted by atomic mass is 16.4. The summed E-state index contributed by atoms with van der Waals surface area (Å²) in [6.07, 6.45) is 2.95. The van der Waals surface area contributed by atoms with Gasteiger partial charge >= 0.3 is 0 Å². The van der Waals surface area contributed by atoms with Crippen molar-refractivity contribution in [2.75, 3.05) is 0 Å². The van der Waals surface area contributed by atoms with Crippen LogP contribution in [-0.2, 0) is 14.4 Å². The molecule has 2 saturated carbocycles. The van der Waals surface area contributed by atoms with Crippen molar-refractivity contribution in [2.24, 2.45) is 29.6 Å². The Kier molecular flexibility index (Phi) is 2.69. The third kappa shape index (κ3) is 1.56. The van der Waals surface area contributed by atoms with Crippen LogP contribution in [0.3, 0.4) is 0 Å². The van der Waals surface area contributed by atoms with Gasteiger partial charge in [-0.15, -0.1) is 0 Å². The number of nitrogens with zero attached hydrogens (tertiary/aromatic N) is 1. The minimum Gasteiger partial charge on any atom is -0.548 e. The second kappa shape index (κ2) is 4.05. The quantitative estimate of drug-likeness (QED) is 0.661. The summed E-state index contributed by atoms with van der Waals surface area (Å²) in [5.41, 5.74) is 0. The highest BCUT2D eigenvalue weighted by Crippen LogP contribution is 2.56. The van der Waals surface area contributed by atoms with E-state index in [0.29, 0.717) is 0 Å². The lowest BCUT2D eigenvalue weighted by atomic mass is 9.81. The smallest absolute Gasteiger partial charge is 0.234 e. The van der Waals surface area contributed by atoms with Crippen molar-refractivity contribution in [3.63, 3.8) is 0 Å². The Hall–Kier alpha value is -1.39. The second-order valence-electron chi connectivity index (χ2n) is 6.44. The van der Waals surface area contributed by atoms with Gasteiger partial charge in [-0.2, -0.15) is 0 Å². The number of likely N-dealkylation sites (tertiary alicyclic amines) is 1. The van der Waals surface area contributed by atoms with Gasteiger partial charge in [-0.3, -0.25) is 14.5 Å². The van der Waals surface area contributed by atoms with Gasteiger partial charge in [0.05, 0.1) is 23.8 Å². The van der Waals surface area contributed by atoms with Crippen molar-refractivity contribution in [3.05, 3.63) is 0 Å². The summed E-state index contributed by atoms with van der Waals surface area (Å²) in [5, 5.41) is 11.3. The third-order valence-corrected chi connectivity index (χ3v) is 5.11. The molecule has 2 aliphatic carbocycles. The molecule has 0 aromatic rings. The van der Waals surface area contributed by atoms with Crippen LogP contribution in [0.15, 0.2) is 0 Å². The van der Waals surface area contributed by atoms with Gasteiger partial charge in [-0.1, -0.05) is 13.8 Å². The first kappa shape index (κ1) is 12.6. The minimum atomic E-state index is -1.33. The van der Waals surface area contributed by atoms with Crippen molar-refractivity contribution >= 4 is 17.8 Å². The summed E-state index contributed by atoms with van der Waals surface area (Å²) < 4.78 is 0. The molecule has 1 saturated heterocycles. The van der Waals surface area contributed by atoms with Crippen molar-refractivity contribution in [2.45, 2.75) is 39.2 Å². The van der Waals surface area contributed by atoms with Crippen molar-refractivity contribution in [1.29, 1.82) is 0 Å². The zero-order valence-electron chi connectivity index (χ0n) is 11.2. The number of fused-ring (bicyclic) bond motifs is 5. The lowest BCUT2D eigenvalue weighted by Crippen LogP contribution is -2.54. The van der Waals surface area contributed by atoms with E-state index in [4.69, 9.17) is 0 Å². The monoisotopic (exact) mass is 264 g/mol. The van der Waals surface area contributed by atoms with E-state index in [0.717, 1.165) is 24.2 Å². The number of hydrogen-bond donors (Lipinski definition) is 0. The maximum Gasteiger partial charge on any atom is 0.234 e. The largest absolute Gasteiger partial charge is 0.548 e. The first-order valence-corrected chi connectivity index (χ1v) is 7.01. The molecule has 19 heavy (non-hydrogen) atoms. The van der Waals surface area contributed by atoms with E-state index >= 15 is 0 Å². The van der Waals surface area contributed by atoms with Crippen molar-refractivity contribution in [1.82, 2.24) is 4.90 Å². The molecular formula is C14H18NO4-.